The largest absolute Gasteiger partial charge is 0.399 e. The number of benzene rings is 1. The predicted molar refractivity (Wildman–Crippen MR) is 56.9 cm³/mol. The van der Waals surface area contributed by atoms with Crippen molar-refractivity contribution < 1.29 is 0 Å². The van der Waals surface area contributed by atoms with Gasteiger partial charge in [-0.3, -0.25) is 4.98 Å². The van der Waals surface area contributed by atoms with Gasteiger partial charge in [-0.1, -0.05) is 12.1 Å². The summed E-state index contributed by atoms with van der Waals surface area (Å²) < 4.78 is 0. The number of rotatable bonds is 0. The van der Waals surface area contributed by atoms with Crippen molar-refractivity contribution in [2.75, 3.05) is 5.73 Å². The second kappa shape index (κ2) is 2.58. The number of nitrogens with two attached hydrogens (primary N) is 1. The van der Waals surface area contributed by atoms with Crippen molar-refractivity contribution in [1.82, 2.24) is 4.98 Å². The van der Waals surface area contributed by atoms with Crippen LogP contribution in [0.25, 0.3) is 11.3 Å². The Labute approximate surface area is 82.4 Å². The van der Waals surface area contributed by atoms with Crippen molar-refractivity contribution in [2.24, 2.45) is 0 Å². The Morgan fingerprint density at radius 2 is 2.07 bits per heavy atom. The van der Waals surface area contributed by atoms with E-state index in [1.54, 1.807) is 0 Å². The predicted octanol–water partition coefficient (Wildman–Crippen LogP) is 2.24. The highest BCUT2D eigenvalue weighted by Crippen LogP contribution is 2.35. The smallest absolute Gasteiger partial charge is 0.0740 e. The fourth-order valence-electron chi connectivity index (χ4n) is 2.02. The molecule has 1 aromatic heterocycles. The highest BCUT2D eigenvalue weighted by Gasteiger charge is 2.18. The maximum atomic E-state index is 5.75. The zero-order chi connectivity index (χ0) is 9.54. The Hall–Kier alpha value is -1.83. The summed E-state index contributed by atoms with van der Waals surface area (Å²) in [5.41, 5.74) is 11.5. The summed E-state index contributed by atoms with van der Waals surface area (Å²) in [6.07, 6.45) is 2.80. The van der Waals surface area contributed by atoms with Crippen LogP contribution in [0, 0.1) is 0 Å². The second-order valence-electron chi connectivity index (χ2n) is 3.60. The van der Waals surface area contributed by atoms with E-state index >= 15 is 0 Å². The standard InChI is InChI=1S/C12H10N2/c13-10-3-4-11-9(7-10)6-8-2-1-5-14-12(8)11/h1-5,7H,6,13H2. The number of aromatic nitrogens is 1. The van der Waals surface area contributed by atoms with Crippen LogP contribution < -0.4 is 5.73 Å². The first kappa shape index (κ1) is 7.56. The molecule has 0 amide bonds. The third kappa shape index (κ3) is 0.940. The summed E-state index contributed by atoms with van der Waals surface area (Å²) in [4.78, 5) is 4.39. The lowest BCUT2D eigenvalue weighted by Crippen LogP contribution is -1.87. The van der Waals surface area contributed by atoms with E-state index in [0.29, 0.717) is 0 Å². The van der Waals surface area contributed by atoms with E-state index in [1.165, 1.54) is 16.7 Å². The van der Waals surface area contributed by atoms with Crippen molar-refractivity contribution in [3.8, 4) is 11.3 Å². The number of anilines is 1. The number of pyridine rings is 1. The molecule has 2 heteroatoms. The van der Waals surface area contributed by atoms with Gasteiger partial charge in [0.2, 0.25) is 0 Å². The number of hydrogen-bond acceptors (Lipinski definition) is 2. The molecule has 0 radical (unpaired) electrons. The third-order valence-electron chi connectivity index (χ3n) is 2.66. The maximum absolute atomic E-state index is 5.75. The van der Waals surface area contributed by atoms with Crippen molar-refractivity contribution in [2.45, 2.75) is 6.42 Å². The van der Waals surface area contributed by atoms with Crippen LogP contribution in [0.5, 0.6) is 0 Å². The fraction of sp³-hybridized carbons (Fsp3) is 0.0833. The summed E-state index contributed by atoms with van der Waals surface area (Å²) in [5.74, 6) is 0. The van der Waals surface area contributed by atoms with E-state index < -0.39 is 0 Å². The molecule has 1 aliphatic rings. The quantitative estimate of drug-likeness (QED) is 0.541. The average molecular weight is 182 g/mol. The zero-order valence-corrected chi connectivity index (χ0v) is 7.70. The first-order valence-corrected chi connectivity index (χ1v) is 4.67. The van der Waals surface area contributed by atoms with Crippen LogP contribution in [-0.4, -0.2) is 4.98 Å². The molecule has 1 aromatic carbocycles. The Morgan fingerprint density at radius 1 is 1.14 bits per heavy atom. The minimum atomic E-state index is 0.830. The summed E-state index contributed by atoms with van der Waals surface area (Å²) in [5, 5.41) is 0. The topological polar surface area (TPSA) is 38.9 Å². The molecule has 2 nitrogen and oxygen atoms in total. The molecular weight excluding hydrogens is 172 g/mol. The lowest BCUT2D eigenvalue weighted by molar-refractivity contribution is 1.23. The lowest BCUT2D eigenvalue weighted by Gasteiger charge is -1.99. The SMILES string of the molecule is Nc1ccc2c(c1)Cc1cccnc1-2. The lowest BCUT2D eigenvalue weighted by atomic mass is 10.1. The van der Waals surface area contributed by atoms with Crippen LogP contribution in [0.15, 0.2) is 36.5 Å². The molecule has 2 aromatic rings. The summed E-state index contributed by atoms with van der Waals surface area (Å²) in [6, 6.07) is 10.1. The summed E-state index contributed by atoms with van der Waals surface area (Å²) >= 11 is 0. The third-order valence-corrected chi connectivity index (χ3v) is 2.66. The van der Waals surface area contributed by atoms with Gasteiger partial charge in [-0.15, -0.1) is 0 Å². The maximum Gasteiger partial charge on any atom is 0.0740 e. The van der Waals surface area contributed by atoms with E-state index in [1.807, 2.05) is 24.4 Å². The van der Waals surface area contributed by atoms with Crippen LogP contribution in [0.4, 0.5) is 5.69 Å². The van der Waals surface area contributed by atoms with Crippen LogP contribution in [-0.2, 0) is 6.42 Å². The van der Waals surface area contributed by atoms with Crippen LogP contribution in [0.1, 0.15) is 11.1 Å². The van der Waals surface area contributed by atoms with Crippen molar-refractivity contribution in [3.63, 3.8) is 0 Å². The molecule has 0 bridgehead atoms. The molecule has 0 aliphatic heterocycles. The fourth-order valence-corrected chi connectivity index (χ4v) is 2.02. The van der Waals surface area contributed by atoms with Gasteiger partial charge in [0, 0.05) is 23.9 Å². The summed E-state index contributed by atoms with van der Waals surface area (Å²) in [7, 11) is 0. The number of nitrogen functional groups attached to an aromatic ring is 1. The molecule has 2 N–H and O–H groups in total. The van der Waals surface area contributed by atoms with Crippen molar-refractivity contribution in [1.29, 1.82) is 0 Å². The minimum Gasteiger partial charge on any atom is -0.399 e. The van der Waals surface area contributed by atoms with Gasteiger partial charge in [0.15, 0.2) is 0 Å². The first-order valence-electron chi connectivity index (χ1n) is 4.67. The van der Waals surface area contributed by atoms with Gasteiger partial charge in [0.1, 0.15) is 0 Å². The van der Waals surface area contributed by atoms with Crippen LogP contribution in [0.2, 0.25) is 0 Å². The van der Waals surface area contributed by atoms with E-state index in [-0.39, 0.29) is 0 Å². The molecule has 0 saturated heterocycles. The molecule has 1 aliphatic carbocycles. The Morgan fingerprint density at radius 3 is 3.00 bits per heavy atom. The van der Waals surface area contributed by atoms with E-state index in [4.69, 9.17) is 5.73 Å². The zero-order valence-electron chi connectivity index (χ0n) is 7.70. The van der Waals surface area contributed by atoms with Crippen molar-refractivity contribution >= 4 is 5.69 Å². The normalized spacial score (nSPS) is 12.3. The molecule has 0 spiro atoms. The average Bonchev–Trinajstić information content (AvgIpc) is 2.54. The highest BCUT2D eigenvalue weighted by molar-refractivity contribution is 5.75. The first-order chi connectivity index (χ1) is 6.84. The van der Waals surface area contributed by atoms with Gasteiger partial charge in [0.05, 0.1) is 5.69 Å². The van der Waals surface area contributed by atoms with E-state index in [9.17, 15) is 0 Å². The molecule has 0 fully saturated rings. The Bertz CT molecular complexity index is 503. The minimum absolute atomic E-state index is 0.830. The second-order valence-corrected chi connectivity index (χ2v) is 3.60. The van der Waals surface area contributed by atoms with Gasteiger partial charge >= 0.3 is 0 Å². The molecular formula is C12H10N2. The van der Waals surface area contributed by atoms with E-state index in [0.717, 1.165) is 17.8 Å². The number of fused-ring (bicyclic) bond motifs is 3. The van der Waals surface area contributed by atoms with Gasteiger partial charge in [-0.05, 0) is 29.3 Å². The molecule has 68 valence electrons. The Balaban J connectivity index is 2.27. The van der Waals surface area contributed by atoms with Crippen molar-refractivity contribution in [3.05, 3.63) is 47.7 Å². The van der Waals surface area contributed by atoms with E-state index in [2.05, 4.69) is 17.1 Å². The molecule has 14 heavy (non-hydrogen) atoms. The molecule has 0 atom stereocenters. The van der Waals surface area contributed by atoms with Gasteiger partial charge in [-0.25, -0.2) is 0 Å². The highest BCUT2D eigenvalue weighted by atomic mass is 14.7. The Kier molecular flexibility index (Phi) is 1.39. The summed E-state index contributed by atoms with van der Waals surface area (Å²) in [6.45, 7) is 0. The molecule has 0 unspecified atom stereocenters. The molecule has 3 rings (SSSR count). The number of hydrogen-bond donors (Lipinski definition) is 1. The molecule has 0 saturated carbocycles. The van der Waals surface area contributed by atoms with Gasteiger partial charge < -0.3 is 5.73 Å². The van der Waals surface area contributed by atoms with Gasteiger partial charge in [-0.2, -0.15) is 0 Å². The van der Waals surface area contributed by atoms with Crippen LogP contribution in [0.3, 0.4) is 0 Å². The van der Waals surface area contributed by atoms with Crippen LogP contribution >= 0.6 is 0 Å². The monoisotopic (exact) mass is 182 g/mol. The van der Waals surface area contributed by atoms with Gasteiger partial charge in [0.25, 0.3) is 0 Å². The number of nitrogens with zero attached hydrogens (tertiary/aromatic N) is 1. The molecule has 1 heterocycles.